The van der Waals surface area contributed by atoms with Gasteiger partial charge in [-0.3, -0.25) is 4.79 Å². The van der Waals surface area contributed by atoms with Gasteiger partial charge in [-0.25, -0.2) is 18.7 Å². The van der Waals surface area contributed by atoms with Crippen molar-refractivity contribution in [2.75, 3.05) is 16.4 Å². The van der Waals surface area contributed by atoms with Crippen molar-refractivity contribution in [1.82, 2.24) is 14.6 Å². The van der Waals surface area contributed by atoms with Gasteiger partial charge in [-0.15, -0.1) is 0 Å². The SMILES string of the molecule is CC(=O)c1cn2ncnc(N)c2c1-c1ccc(NC(=O)Nc2cc(C(F)(F)F)ccc2Cl)c(F)c1. The summed E-state index contributed by atoms with van der Waals surface area (Å²) in [6.45, 7) is 1.33. The van der Waals surface area contributed by atoms with Crippen molar-refractivity contribution < 1.29 is 27.2 Å². The molecular weight excluding hydrogens is 492 g/mol. The van der Waals surface area contributed by atoms with E-state index in [0.717, 1.165) is 18.2 Å². The topological polar surface area (TPSA) is 114 Å². The Morgan fingerprint density at radius 3 is 2.46 bits per heavy atom. The van der Waals surface area contributed by atoms with Gasteiger partial charge in [-0.2, -0.15) is 18.3 Å². The van der Waals surface area contributed by atoms with Gasteiger partial charge in [0.1, 0.15) is 17.7 Å². The van der Waals surface area contributed by atoms with E-state index in [1.54, 1.807) is 0 Å². The average molecular weight is 507 g/mol. The fraction of sp³-hybridized carbons (Fsp3) is 0.0909. The van der Waals surface area contributed by atoms with Crippen LogP contribution in [0.3, 0.4) is 0 Å². The smallest absolute Gasteiger partial charge is 0.382 e. The number of ketones is 1. The van der Waals surface area contributed by atoms with E-state index >= 15 is 0 Å². The number of benzene rings is 2. The van der Waals surface area contributed by atoms with Gasteiger partial charge >= 0.3 is 12.2 Å². The Bertz CT molecular complexity index is 1490. The molecule has 0 unspecified atom stereocenters. The number of Topliss-reactive ketones (excluding diaryl/α,β-unsaturated/α-hetero) is 1. The zero-order valence-electron chi connectivity index (χ0n) is 17.7. The van der Waals surface area contributed by atoms with Crippen molar-refractivity contribution in [3.05, 3.63) is 70.9 Å². The van der Waals surface area contributed by atoms with Crippen molar-refractivity contribution in [1.29, 1.82) is 0 Å². The lowest BCUT2D eigenvalue weighted by molar-refractivity contribution is -0.137. The van der Waals surface area contributed by atoms with Gasteiger partial charge in [0, 0.05) is 17.3 Å². The van der Waals surface area contributed by atoms with Crippen LogP contribution in [-0.2, 0) is 6.18 Å². The minimum Gasteiger partial charge on any atom is -0.382 e. The molecule has 4 rings (SSSR count). The van der Waals surface area contributed by atoms with Crippen LogP contribution in [-0.4, -0.2) is 26.4 Å². The van der Waals surface area contributed by atoms with Gasteiger partial charge in [0.25, 0.3) is 0 Å². The summed E-state index contributed by atoms with van der Waals surface area (Å²) < 4.78 is 55.1. The molecule has 0 atom stereocenters. The van der Waals surface area contributed by atoms with Gasteiger partial charge in [-0.05, 0) is 42.8 Å². The molecule has 4 N–H and O–H groups in total. The molecule has 2 amide bonds. The maximum absolute atomic E-state index is 14.9. The van der Waals surface area contributed by atoms with E-state index in [1.807, 2.05) is 0 Å². The quantitative estimate of drug-likeness (QED) is 0.245. The molecule has 13 heteroatoms. The standard InChI is InChI=1S/C22H15ClF4N6O2/c1-10(34)13-8-33-19(20(28)29-9-30-33)18(13)11-2-5-16(15(24)6-11)31-21(35)32-17-7-12(22(25,26)27)3-4-14(17)23/h2-9H,1H3,(H2,28,29,30)(H2,31,32,35). The zero-order chi connectivity index (χ0) is 25.5. The molecule has 0 aliphatic heterocycles. The fourth-order valence-corrected chi connectivity index (χ4v) is 3.60. The number of nitrogen functional groups attached to an aromatic ring is 1. The van der Waals surface area contributed by atoms with Crippen molar-refractivity contribution in [2.45, 2.75) is 13.1 Å². The van der Waals surface area contributed by atoms with Gasteiger partial charge in [0.15, 0.2) is 11.6 Å². The van der Waals surface area contributed by atoms with Crippen molar-refractivity contribution in [2.24, 2.45) is 0 Å². The Labute approximate surface area is 199 Å². The number of nitrogens with two attached hydrogens (primary N) is 1. The van der Waals surface area contributed by atoms with E-state index in [4.69, 9.17) is 17.3 Å². The van der Waals surface area contributed by atoms with Crippen LogP contribution in [0.1, 0.15) is 22.8 Å². The number of anilines is 3. The third-order valence-electron chi connectivity index (χ3n) is 5.03. The second-order valence-corrected chi connectivity index (χ2v) is 7.79. The summed E-state index contributed by atoms with van der Waals surface area (Å²) in [4.78, 5) is 28.4. The second-order valence-electron chi connectivity index (χ2n) is 7.38. The van der Waals surface area contributed by atoms with E-state index in [0.29, 0.717) is 17.1 Å². The largest absolute Gasteiger partial charge is 0.416 e. The van der Waals surface area contributed by atoms with Crippen LogP contribution in [0.4, 0.5) is 39.5 Å². The maximum atomic E-state index is 14.9. The lowest BCUT2D eigenvalue weighted by Gasteiger charge is -2.13. The minimum atomic E-state index is -4.64. The molecule has 8 nitrogen and oxygen atoms in total. The highest BCUT2D eigenvalue weighted by atomic mass is 35.5. The number of urea groups is 1. The maximum Gasteiger partial charge on any atom is 0.416 e. The Kier molecular flexibility index (Phi) is 6.07. The normalized spacial score (nSPS) is 11.5. The lowest BCUT2D eigenvalue weighted by atomic mass is 10.00. The summed E-state index contributed by atoms with van der Waals surface area (Å²) in [6.07, 6.45) is -1.99. The summed E-state index contributed by atoms with van der Waals surface area (Å²) in [7, 11) is 0. The molecule has 0 radical (unpaired) electrons. The second kappa shape index (κ2) is 8.87. The Balaban J connectivity index is 1.63. The van der Waals surface area contributed by atoms with Crippen LogP contribution >= 0.6 is 11.6 Å². The van der Waals surface area contributed by atoms with E-state index in [9.17, 15) is 27.2 Å². The first-order chi connectivity index (χ1) is 16.5. The molecule has 0 aliphatic rings. The lowest BCUT2D eigenvalue weighted by Crippen LogP contribution is -2.20. The van der Waals surface area contributed by atoms with Crippen molar-refractivity contribution >= 4 is 46.1 Å². The Morgan fingerprint density at radius 2 is 1.80 bits per heavy atom. The zero-order valence-corrected chi connectivity index (χ0v) is 18.5. The van der Waals surface area contributed by atoms with E-state index in [1.165, 1.54) is 36.1 Å². The minimum absolute atomic E-state index is 0.0717. The number of alkyl halides is 3. The first-order valence-corrected chi connectivity index (χ1v) is 10.2. The summed E-state index contributed by atoms with van der Waals surface area (Å²) in [5.41, 5.74) is 5.45. The number of nitrogens with one attached hydrogen (secondary N) is 2. The molecule has 4 aromatic rings. The van der Waals surface area contributed by atoms with Crippen LogP contribution in [0.25, 0.3) is 16.6 Å². The molecule has 0 saturated carbocycles. The third kappa shape index (κ3) is 4.73. The molecule has 180 valence electrons. The molecule has 0 bridgehead atoms. The summed E-state index contributed by atoms with van der Waals surface area (Å²) >= 11 is 5.87. The number of amides is 2. The number of carbonyl (C=O) groups is 2. The molecule has 0 aliphatic carbocycles. The van der Waals surface area contributed by atoms with Crippen molar-refractivity contribution in [3.63, 3.8) is 0 Å². The number of rotatable bonds is 4. The summed E-state index contributed by atoms with van der Waals surface area (Å²) in [6, 6.07) is 5.13. The third-order valence-corrected chi connectivity index (χ3v) is 5.36. The molecule has 0 saturated heterocycles. The highest BCUT2D eigenvalue weighted by molar-refractivity contribution is 6.33. The predicted octanol–water partition coefficient (Wildman–Crippen LogP) is 5.64. The van der Waals surface area contributed by atoms with E-state index in [-0.39, 0.29) is 39.1 Å². The molecule has 2 heterocycles. The number of nitrogens with zero attached hydrogens (tertiary/aromatic N) is 3. The van der Waals surface area contributed by atoms with E-state index < -0.39 is 23.6 Å². The number of carbonyl (C=O) groups excluding carboxylic acids is 2. The first kappa shape index (κ1) is 24.0. The van der Waals surface area contributed by atoms with Crippen LogP contribution < -0.4 is 16.4 Å². The first-order valence-electron chi connectivity index (χ1n) is 9.83. The van der Waals surface area contributed by atoms with Crippen molar-refractivity contribution in [3.8, 4) is 11.1 Å². The Hall–Kier alpha value is -4.19. The number of aromatic nitrogens is 3. The highest BCUT2D eigenvalue weighted by Crippen LogP contribution is 2.35. The summed E-state index contributed by atoms with van der Waals surface area (Å²) in [5.74, 6) is -1.12. The average Bonchev–Trinajstić information content (AvgIpc) is 3.17. The highest BCUT2D eigenvalue weighted by Gasteiger charge is 2.31. The fourth-order valence-electron chi connectivity index (χ4n) is 3.44. The van der Waals surface area contributed by atoms with Gasteiger partial charge in [0.2, 0.25) is 0 Å². The number of hydrogen-bond donors (Lipinski definition) is 3. The monoisotopic (exact) mass is 506 g/mol. The van der Waals surface area contributed by atoms with Crippen LogP contribution in [0.15, 0.2) is 48.9 Å². The van der Waals surface area contributed by atoms with Gasteiger partial charge < -0.3 is 16.4 Å². The molecule has 35 heavy (non-hydrogen) atoms. The molecular formula is C22H15ClF4N6O2. The number of halogens is 5. The van der Waals surface area contributed by atoms with Gasteiger partial charge in [0.05, 0.1) is 22.0 Å². The Morgan fingerprint density at radius 1 is 1.09 bits per heavy atom. The van der Waals surface area contributed by atoms with Crippen LogP contribution in [0, 0.1) is 5.82 Å². The molecule has 0 spiro atoms. The van der Waals surface area contributed by atoms with Crippen LogP contribution in [0.5, 0.6) is 0 Å². The van der Waals surface area contributed by atoms with Gasteiger partial charge in [-0.1, -0.05) is 17.7 Å². The number of hydrogen-bond acceptors (Lipinski definition) is 5. The molecule has 0 fully saturated rings. The van der Waals surface area contributed by atoms with Crippen LogP contribution in [0.2, 0.25) is 5.02 Å². The molecule has 2 aromatic heterocycles. The summed E-state index contributed by atoms with van der Waals surface area (Å²) in [5, 5.41) is 8.26. The van der Waals surface area contributed by atoms with E-state index in [2.05, 4.69) is 20.7 Å². The number of fused-ring (bicyclic) bond motifs is 1. The molecule has 2 aromatic carbocycles. The predicted molar refractivity (Wildman–Crippen MR) is 122 cm³/mol.